The zero-order chi connectivity index (χ0) is 19.6. The predicted molar refractivity (Wildman–Crippen MR) is 107 cm³/mol. The number of carbonyl (C=O) groups excluding carboxylic acids is 2. The number of fused-ring (bicyclic) bond motifs is 1. The fourth-order valence-electron chi connectivity index (χ4n) is 4.24. The lowest BCUT2D eigenvalue weighted by Crippen LogP contribution is -2.39. The van der Waals surface area contributed by atoms with E-state index >= 15 is 0 Å². The molecule has 1 atom stereocenters. The summed E-state index contributed by atoms with van der Waals surface area (Å²) >= 11 is 0. The molecule has 0 bridgehead atoms. The summed E-state index contributed by atoms with van der Waals surface area (Å²) in [5.74, 6) is 0.577. The number of benzene rings is 1. The zero-order valence-electron chi connectivity index (χ0n) is 16.5. The highest BCUT2D eigenvalue weighted by atomic mass is 16.2. The molecule has 3 rings (SSSR count). The summed E-state index contributed by atoms with van der Waals surface area (Å²) in [4.78, 5) is 23.5. The molecule has 6 nitrogen and oxygen atoms in total. The van der Waals surface area contributed by atoms with Gasteiger partial charge in [0.2, 0.25) is 5.91 Å². The minimum absolute atomic E-state index is 0.291. The van der Waals surface area contributed by atoms with Gasteiger partial charge in [-0.3, -0.25) is 4.79 Å². The first kappa shape index (κ1) is 19.7. The van der Waals surface area contributed by atoms with E-state index in [0.717, 1.165) is 37.2 Å². The Morgan fingerprint density at radius 2 is 1.93 bits per heavy atom. The molecule has 1 saturated carbocycles. The molecule has 1 radical (unpaired) electrons. The Morgan fingerprint density at radius 3 is 2.56 bits per heavy atom. The van der Waals surface area contributed by atoms with Gasteiger partial charge in [0.15, 0.2) is 0 Å². The summed E-state index contributed by atoms with van der Waals surface area (Å²) < 4.78 is 0. The van der Waals surface area contributed by atoms with Crippen molar-refractivity contribution < 1.29 is 9.59 Å². The lowest BCUT2D eigenvalue weighted by Gasteiger charge is -2.32. The largest absolute Gasteiger partial charge is 0.366 e. The number of carbonyl (C=O) groups is 2. The van der Waals surface area contributed by atoms with E-state index in [9.17, 15) is 9.59 Å². The van der Waals surface area contributed by atoms with Gasteiger partial charge in [-0.1, -0.05) is 13.8 Å². The molecule has 2 aliphatic rings. The molecule has 27 heavy (non-hydrogen) atoms. The summed E-state index contributed by atoms with van der Waals surface area (Å²) in [5, 5.41) is 10.4. The standard InChI is InChI=1S/C21H31N4O2/c1-12(2)4-5-13(3)23-15-8-6-14(7-9-15)16-10-18-19(25-21(27)24-18)11-17(16)20(22)26/h10-15,23H,4-9H2,1-3H3,(H2,22,26)(H,24,27). The number of nitrogens with two attached hydrogens (primary N) is 1. The Morgan fingerprint density at radius 1 is 1.22 bits per heavy atom. The second kappa shape index (κ2) is 8.30. The van der Waals surface area contributed by atoms with Gasteiger partial charge in [0, 0.05) is 17.6 Å². The molecule has 1 unspecified atom stereocenters. The molecule has 6 heteroatoms. The topological polar surface area (TPSA) is 98.3 Å². The Labute approximate surface area is 161 Å². The van der Waals surface area contributed by atoms with Crippen LogP contribution in [0.2, 0.25) is 0 Å². The number of anilines is 1. The van der Waals surface area contributed by atoms with Crippen molar-refractivity contribution in [3.63, 3.8) is 0 Å². The first-order valence-electron chi connectivity index (χ1n) is 10.1. The zero-order valence-corrected chi connectivity index (χ0v) is 16.5. The lowest BCUT2D eigenvalue weighted by atomic mass is 9.79. The highest BCUT2D eigenvalue weighted by molar-refractivity contribution is 6.05. The highest BCUT2D eigenvalue weighted by Gasteiger charge is 2.29. The molecule has 1 aromatic carbocycles. The van der Waals surface area contributed by atoms with Gasteiger partial charge in [0.05, 0.1) is 11.4 Å². The number of amides is 3. The molecule has 147 valence electrons. The second-order valence-electron chi connectivity index (χ2n) is 8.45. The summed E-state index contributed by atoms with van der Waals surface area (Å²) in [5.41, 5.74) is 8.24. The lowest BCUT2D eigenvalue weighted by molar-refractivity contribution is 0.0998. The number of rotatable bonds is 7. The van der Waals surface area contributed by atoms with Crippen LogP contribution in [0.3, 0.4) is 0 Å². The quantitative estimate of drug-likeness (QED) is 0.675. The number of nitrogens with zero attached hydrogens (tertiary/aromatic N) is 1. The van der Waals surface area contributed by atoms with Gasteiger partial charge < -0.3 is 16.4 Å². The average Bonchev–Trinajstić information content (AvgIpc) is 2.98. The Balaban J connectivity index is 1.63. The fraction of sp³-hybridized carbons (Fsp3) is 0.619. The van der Waals surface area contributed by atoms with Crippen molar-refractivity contribution in [1.29, 1.82) is 0 Å². The van der Waals surface area contributed by atoms with Gasteiger partial charge in [0.25, 0.3) is 0 Å². The fourth-order valence-corrected chi connectivity index (χ4v) is 4.24. The van der Waals surface area contributed by atoms with Crippen LogP contribution in [-0.4, -0.2) is 24.0 Å². The van der Waals surface area contributed by atoms with E-state index in [2.05, 4.69) is 36.7 Å². The van der Waals surface area contributed by atoms with Gasteiger partial charge in [-0.2, -0.15) is 5.32 Å². The molecular formula is C21H31N4O2. The minimum atomic E-state index is -0.454. The molecule has 1 fully saturated rings. The van der Waals surface area contributed by atoms with Crippen molar-refractivity contribution in [3.8, 4) is 0 Å². The molecule has 0 saturated heterocycles. The third kappa shape index (κ3) is 4.80. The first-order chi connectivity index (χ1) is 12.8. The first-order valence-corrected chi connectivity index (χ1v) is 10.1. The van der Waals surface area contributed by atoms with Crippen LogP contribution in [0.15, 0.2) is 12.1 Å². The maximum absolute atomic E-state index is 11.9. The van der Waals surface area contributed by atoms with Crippen LogP contribution in [0, 0.1) is 5.92 Å². The van der Waals surface area contributed by atoms with Crippen molar-refractivity contribution in [2.24, 2.45) is 11.7 Å². The summed E-state index contributed by atoms with van der Waals surface area (Å²) in [6.07, 6.45) is 6.65. The number of hydrogen-bond donors (Lipinski definition) is 3. The third-order valence-electron chi connectivity index (χ3n) is 5.76. The van der Waals surface area contributed by atoms with Gasteiger partial charge in [-0.25, -0.2) is 4.79 Å². The van der Waals surface area contributed by atoms with E-state index in [1.165, 1.54) is 12.8 Å². The number of primary amides is 1. The van der Waals surface area contributed by atoms with Crippen molar-refractivity contribution in [2.45, 2.75) is 77.3 Å². The Hall–Kier alpha value is -2.08. The van der Waals surface area contributed by atoms with Crippen LogP contribution < -0.4 is 21.7 Å². The normalized spacial score (nSPS) is 22.9. The Kier molecular flexibility index (Phi) is 6.05. The Bertz CT molecular complexity index is 708. The summed E-state index contributed by atoms with van der Waals surface area (Å²) in [7, 11) is 0. The molecule has 0 aromatic heterocycles. The van der Waals surface area contributed by atoms with Gasteiger partial charge in [-0.05, 0) is 75.0 Å². The number of nitrogens with one attached hydrogen (secondary N) is 2. The smallest absolute Gasteiger partial charge is 0.346 e. The highest BCUT2D eigenvalue weighted by Crippen LogP contribution is 2.39. The van der Waals surface area contributed by atoms with Crippen molar-refractivity contribution in [3.05, 3.63) is 23.3 Å². The molecule has 1 heterocycles. The molecule has 1 aromatic rings. The third-order valence-corrected chi connectivity index (χ3v) is 5.76. The van der Waals surface area contributed by atoms with Crippen LogP contribution in [0.25, 0.3) is 0 Å². The van der Waals surface area contributed by atoms with Crippen LogP contribution >= 0.6 is 0 Å². The van der Waals surface area contributed by atoms with Gasteiger partial charge in [-0.15, -0.1) is 0 Å². The maximum Gasteiger partial charge on any atom is 0.346 e. The van der Waals surface area contributed by atoms with E-state index < -0.39 is 5.91 Å². The average molecular weight is 372 g/mol. The van der Waals surface area contributed by atoms with Crippen molar-refractivity contribution >= 4 is 23.3 Å². The molecule has 0 spiro atoms. The van der Waals surface area contributed by atoms with Crippen LogP contribution in [-0.2, 0) is 0 Å². The van der Waals surface area contributed by atoms with Crippen molar-refractivity contribution in [1.82, 2.24) is 10.6 Å². The molecule has 3 amide bonds. The van der Waals surface area contributed by atoms with Crippen LogP contribution in [0.4, 0.5) is 16.2 Å². The second-order valence-corrected chi connectivity index (χ2v) is 8.45. The number of hydrogen-bond acceptors (Lipinski definition) is 3. The number of urea groups is 1. The van der Waals surface area contributed by atoms with Gasteiger partial charge >= 0.3 is 6.03 Å². The van der Waals surface area contributed by atoms with E-state index in [1.807, 2.05) is 6.07 Å². The van der Waals surface area contributed by atoms with Gasteiger partial charge in [0.1, 0.15) is 0 Å². The minimum Gasteiger partial charge on any atom is -0.366 e. The van der Waals surface area contributed by atoms with E-state index in [-0.39, 0.29) is 6.03 Å². The monoisotopic (exact) mass is 371 g/mol. The molecular weight excluding hydrogens is 340 g/mol. The van der Waals surface area contributed by atoms with E-state index in [0.29, 0.717) is 34.9 Å². The summed E-state index contributed by atoms with van der Waals surface area (Å²) in [6.45, 7) is 6.80. The molecule has 4 N–H and O–H groups in total. The van der Waals surface area contributed by atoms with E-state index in [1.54, 1.807) is 6.07 Å². The SMILES string of the molecule is CC(C)CCC(C)NC1CCC(c2cc3c(cc2C(N)=O)[N]C(=O)N3)CC1. The molecule has 1 aliphatic carbocycles. The summed E-state index contributed by atoms with van der Waals surface area (Å²) in [6, 6.07) is 4.23. The van der Waals surface area contributed by atoms with E-state index in [4.69, 9.17) is 5.73 Å². The van der Waals surface area contributed by atoms with Crippen LogP contribution in [0.1, 0.15) is 81.1 Å². The predicted octanol–water partition coefficient (Wildman–Crippen LogP) is 4.01. The van der Waals surface area contributed by atoms with Crippen molar-refractivity contribution in [2.75, 3.05) is 5.32 Å². The van der Waals surface area contributed by atoms with Crippen LogP contribution in [0.5, 0.6) is 0 Å². The molecule has 1 aliphatic heterocycles. The maximum atomic E-state index is 11.9.